The lowest BCUT2D eigenvalue weighted by atomic mass is 9.77. The molecule has 1 aromatic rings. The van der Waals surface area contributed by atoms with Gasteiger partial charge in [0.15, 0.2) is 17.3 Å². The molecule has 1 aromatic carbocycles. The number of ether oxygens (including phenoxy) is 3. The monoisotopic (exact) mass is 376 g/mol. The summed E-state index contributed by atoms with van der Waals surface area (Å²) < 4.78 is 16.3. The van der Waals surface area contributed by atoms with E-state index in [9.17, 15) is 19.8 Å². The van der Waals surface area contributed by atoms with E-state index in [-0.39, 0.29) is 47.6 Å². The van der Waals surface area contributed by atoms with Crippen molar-refractivity contribution in [1.29, 1.82) is 0 Å². The van der Waals surface area contributed by atoms with Gasteiger partial charge in [-0.05, 0) is 26.3 Å². The molecule has 4 unspecified atom stereocenters. The number of phenols is 1. The maximum atomic E-state index is 12.3. The number of epoxide rings is 1. The Balaban J connectivity index is 2.19. The molecule has 27 heavy (non-hydrogen) atoms. The van der Waals surface area contributed by atoms with Crippen LogP contribution in [0.5, 0.6) is 11.5 Å². The first-order valence-electron chi connectivity index (χ1n) is 8.84. The molecule has 7 heteroatoms. The number of hydrogen-bond donors (Lipinski definition) is 2. The third-order valence-corrected chi connectivity index (χ3v) is 5.39. The summed E-state index contributed by atoms with van der Waals surface area (Å²) in [7, 11) is 1.37. The molecular weight excluding hydrogens is 352 g/mol. The molecule has 7 nitrogen and oxygen atoms in total. The van der Waals surface area contributed by atoms with E-state index in [0.717, 1.165) is 0 Å². The molecule has 4 atom stereocenters. The first-order valence-corrected chi connectivity index (χ1v) is 8.84. The molecule has 1 saturated heterocycles. The fraction of sp³-hybridized carbons (Fsp3) is 0.500. The Hall–Kier alpha value is -2.38. The fourth-order valence-electron chi connectivity index (χ4n) is 3.84. The van der Waals surface area contributed by atoms with Gasteiger partial charge in [-0.2, -0.15) is 0 Å². The summed E-state index contributed by atoms with van der Waals surface area (Å²) in [5.74, 6) is -1.35. The second kappa shape index (κ2) is 6.98. The summed E-state index contributed by atoms with van der Waals surface area (Å²) in [5, 5.41) is 21.3. The van der Waals surface area contributed by atoms with Gasteiger partial charge in [-0.15, -0.1) is 0 Å². The number of carbonyl (C=O) groups is 2. The highest BCUT2D eigenvalue weighted by Gasteiger charge is 2.55. The van der Waals surface area contributed by atoms with Crippen LogP contribution in [-0.2, 0) is 20.9 Å². The number of methoxy groups -OCH3 is 1. The van der Waals surface area contributed by atoms with Crippen molar-refractivity contribution in [3.05, 3.63) is 33.9 Å². The van der Waals surface area contributed by atoms with Gasteiger partial charge in [-0.25, -0.2) is 4.79 Å². The zero-order chi connectivity index (χ0) is 20.0. The first kappa shape index (κ1) is 19.4. The van der Waals surface area contributed by atoms with E-state index in [1.54, 1.807) is 19.9 Å². The number of Topliss-reactive ketones (excluding diaryl/α,β-unsaturated/α-hetero) is 1. The van der Waals surface area contributed by atoms with Crippen LogP contribution in [0.15, 0.2) is 11.6 Å². The Morgan fingerprint density at radius 3 is 2.44 bits per heavy atom. The number of phenolic OH excluding ortho intramolecular Hbond substituents is 1. The molecule has 0 radical (unpaired) electrons. The van der Waals surface area contributed by atoms with Crippen molar-refractivity contribution in [1.82, 2.24) is 0 Å². The van der Waals surface area contributed by atoms with Gasteiger partial charge in [0.25, 0.3) is 0 Å². The molecule has 1 fully saturated rings. The summed E-state index contributed by atoms with van der Waals surface area (Å²) >= 11 is 0. The van der Waals surface area contributed by atoms with Gasteiger partial charge in [0, 0.05) is 22.6 Å². The van der Waals surface area contributed by atoms with Gasteiger partial charge in [-0.3, -0.25) is 4.79 Å². The molecule has 1 aliphatic heterocycles. The van der Waals surface area contributed by atoms with Crippen molar-refractivity contribution < 1.29 is 34.0 Å². The number of ketones is 1. The molecule has 0 spiro atoms. The van der Waals surface area contributed by atoms with Gasteiger partial charge in [0.05, 0.1) is 18.8 Å². The number of aliphatic hydroxyl groups excluding tert-OH is 1. The minimum atomic E-state index is -0.991. The maximum absolute atomic E-state index is 12.3. The quantitative estimate of drug-likeness (QED) is 0.352. The van der Waals surface area contributed by atoms with E-state index in [2.05, 4.69) is 0 Å². The average molecular weight is 376 g/mol. The predicted molar refractivity (Wildman–Crippen MR) is 95.9 cm³/mol. The smallest absolute Gasteiger partial charge is 0.333 e. The lowest BCUT2D eigenvalue weighted by Gasteiger charge is -2.30. The van der Waals surface area contributed by atoms with Gasteiger partial charge in [-0.1, -0.05) is 13.0 Å². The van der Waals surface area contributed by atoms with E-state index < -0.39 is 12.1 Å². The van der Waals surface area contributed by atoms with E-state index >= 15 is 0 Å². The highest BCUT2D eigenvalue weighted by molar-refractivity contribution is 6.00. The van der Waals surface area contributed by atoms with Crippen molar-refractivity contribution in [3.8, 4) is 11.5 Å². The third-order valence-electron chi connectivity index (χ3n) is 5.39. The van der Waals surface area contributed by atoms with Crippen LogP contribution >= 0.6 is 0 Å². The zero-order valence-electron chi connectivity index (χ0n) is 16.0. The lowest BCUT2D eigenvalue weighted by Crippen LogP contribution is -2.25. The van der Waals surface area contributed by atoms with Crippen molar-refractivity contribution in [2.24, 2.45) is 0 Å². The topological polar surface area (TPSA) is 106 Å². The number of hydrogen-bond acceptors (Lipinski definition) is 7. The predicted octanol–water partition coefficient (Wildman–Crippen LogP) is 2.53. The molecule has 3 rings (SSSR count). The Morgan fingerprint density at radius 1 is 1.22 bits per heavy atom. The van der Waals surface area contributed by atoms with Crippen molar-refractivity contribution in [3.63, 3.8) is 0 Å². The van der Waals surface area contributed by atoms with Crippen LogP contribution in [0.25, 0.3) is 0 Å². The Bertz CT molecular complexity index is 839. The lowest BCUT2D eigenvalue weighted by molar-refractivity contribution is -0.140. The summed E-state index contributed by atoms with van der Waals surface area (Å²) in [6.07, 6.45) is 0.0807. The summed E-state index contributed by atoms with van der Waals surface area (Å²) in [6.45, 7) is 6.39. The van der Waals surface area contributed by atoms with Crippen LogP contribution in [0.3, 0.4) is 0 Å². The molecule has 0 aromatic heterocycles. The number of allylic oxidation sites excluding steroid dienone is 1. The fourth-order valence-corrected chi connectivity index (χ4v) is 3.84. The molecule has 0 saturated carbocycles. The number of esters is 1. The minimum Gasteiger partial charge on any atom is -0.504 e. The summed E-state index contributed by atoms with van der Waals surface area (Å²) in [4.78, 5) is 24.4. The second-order valence-corrected chi connectivity index (χ2v) is 6.97. The minimum absolute atomic E-state index is 0.0367. The van der Waals surface area contributed by atoms with Gasteiger partial charge in [0.1, 0.15) is 18.8 Å². The molecular formula is C20H24O7. The van der Waals surface area contributed by atoms with Gasteiger partial charge >= 0.3 is 5.97 Å². The SMILES string of the molecule is CC=C(C)C(=O)OCc1c(C(C)=O)c(O)c(OC)c2c1C(C)C1OC1C2O. The van der Waals surface area contributed by atoms with Crippen LogP contribution in [-0.4, -0.2) is 41.3 Å². The van der Waals surface area contributed by atoms with E-state index in [1.165, 1.54) is 14.0 Å². The van der Waals surface area contributed by atoms with Crippen LogP contribution in [0.2, 0.25) is 0 Å². The number of aliphatic hydroxyl groups is 1. The summed E-state index contributed by atoms with van der Waals surface area (Å²) in [6, 6.07) is 0. The molecule has 2 N–H and O–H groups in total. The molecule has 0 bridgehead atoms. The van der Waals surface area contributed by atoms with Crippen LogP contribution in [0.1, 0.15) is 66.8 Å². The van der Waals surface area contributed by atoms with Gasteiger partial charge < -0.3 is 24.4 Å². The summed E-state index contributed by atoms with van der Waals surface area (Å²) in [5.41, 5.74) is 1.87. The van der Waals surface area contributed by atoms with Crippen molar-refractivity contribution in [2.75, 3.05) is 7.11 Å². The molecule has 0 amide bonds. The van der Waals surface area contributed by atoms with E-state index in [4.69, 9.17) is 14.2 Å². The van der Waals surface area contributed by atoms with E-state index in [0.29, 0.717) is 22.3 Å². The average Bonchev–Trinajstić information content (AvgIpc) is 3.43. The van der Waals surface area contributed by atoms with Gasteiger partial charge in [0.2, 0.25) is 0 Å². The standard InChI is InChI=1S/C20H24O7/c1-6-8(2)20(24)26-7-11-12-9(3)17-19(27-17)16(23)14(12)18(25-5)15(22)13(11)10(4)21/h6,9,16-17,19,22-23H,7H2,1-5H3. The van der Waals surface area contributed by atoms with E-state index in [1.807, 2.05) is 6.92 Å². The third kappa shape index (κ3) is 3.00. The number of aromatic hydroxyl groups is 1. The van der Waals surface area contributed by atoms with Crippen molar-refractivity contribution in [2.45, 2.75) is 58.5 Å². The van der Waals surface area contributed by atoms with Crippen molar-refractivity contribution >= 4 is 11.8 Å². The van der Waals surface area contributed by atoms with Crippen LogP contribution in [0.4, 0.5) is 0 Å². The molecule has 2 aliphatic rings. The Labute approximate surface area is 157 Å². The highest BCUT2D eigenvalue weighted by atomic mass is 16.6. The normalized spacial score (nSPS) is 26.1. The number of rotatable bonds is 5. The Morgan fingerprint density at radius 2 is 1.89 bits per heavy atom. The highest BCUT2D eigenvalue weighted by Crippen LogP contribution is 2.56. The molecule has 1 heterocycles. The first-order chi connectivity index (χ1) is 12.7. The molecule has 146 valence electrons. The maximum Gasteiger partial charge on any atom is 0.333 e. The number of benzene rings is 1. The largest absolute Gasteiger partial charge is 0.504 e. The number of fused-ring (bicyclic) bond motifs is 2. The molecule has 1 aliphatic carbocycles. The van der Waals surface area contributed by atoms with Crippen LogP contribution < -0.4 is 4.74 Å². The number of carbonyl (C=O) groups excluding carboxylic acids is 2. The second-order valence-electron chi connectivity index (χ2n) is 6.97. The zero-order valence-corrected chi connectivity index (χ0v) is 16.0. The van der Waals surface area contributed by atoms with Crippen LogP contribution in [0, 0.1) is 0 Å². The Kier molecular flexibility index (Phi) is 5.01.